The first-order valence-electron chi connectivity index (χ1n) is 10.5. The van der Waals surface area contributed by atoms with Crippen molar-refractivity contribution in [2.75, 3.05) is 48.0 Å². The fourth-order valence-corrected chi connectivity index (χ4v) is 3.75. The predicted molar refractivity (Wildman–Crippen MR) is 113 cm³/mol. The van der Waals surface area contributed by atoms with Crippen molar-refractivity contribution in [2.24, 2.45) is 0 Å². The molecule has 2 atom stereocenters. The average molecular weight is 425 g/mol. The molecule has 7 nitrogen and oxygen atoms in total. The summed E-state index contributed by atoms with van der Waals surface area (Å²) in [6.45, 7) is 1.83. The van der Waals surface area contributed by atoms with E-state index >= 15 is 0 Å². The van der Waals surface area contributed by atoms with Gasteiger partial charge in [-0.1, -0.05) is 51.4 Å². The largest absolute Gasteiger partial charge is 0.481 e. The Hall–Kier alpha value is -0.300. The van der Waals surface area contributed by atoms with Gasteiger partial charge in [-0.2, -0.15) is 0 Å². The van der Waals surface area contributed by atoms with Gasteiger partial charge in [0.25, 0.3) is 0 Å². The molecule has 8 heteroatoms. The molecule has 2 N–H and O–H groups in total. The number of carbonyl (C=O) groups is 1. The van der Waals surface area contributed by atoms with Gasteiger partial charge >= 0.3 is 14.6 Å². The molecule has 168 valence electrons. The number of carboxylic acid groups (broad SMARTS) is 1. The van der Waals surface area contributed by atoms with Crippen molar-refractivity contribution < 1.29 is 33.1 Å². The molecule has 0 heterocycles. The van der Waals surface area contributed by atoms with Gasteiger partial charge in [-0.25, -0.2) is 0 Å². The zero-order valence-corrected chi connectivity index (χ0v) is 19.3. The molecular weight excluding hydrogens is 381 g/mol. The van der Waals surface area contributed by atoms with Crippen LogP contribution in [0.5, 0.6) is 0 Å². The highest BCUT2D eigenvalue weighted by Crippen LogP contribution is 2.36. The van der Waals surface area contributed by atoms with E-state index in [1.165, 1.54) is 51.4 Å². The van der Waals surface area contributed by atoms with Crippen LogP contribution in [-0.4, -0.2) is 74.6 Å². The summed E-state index contributed by atoms with van der Waals surface area (Å²) in [6.07, 6.45) is 11.3. The summed E-state index contributed by atoms with van der Waals surface area (Å²) < 4.78 is 16.4. The number of nitrogens with zero attached hydrogens (tertiary/aromatic N) is 1. The number of quaternary nitrogens is 1. The molecule has 0 rings (SSSR count). The average Bonchev–Trinajstić information content (AvgIpc) is 2.56. The monoisotopic (exact) mass is 424 g/mol. The van der Waals surface area contributed by atoms with Crippen molar-refractivity contribution in [1.82, 2.24) is 0 Å². The van der Waals surface area contributed by atoms with Crippen LogP contribution in [0, 0.1) is 0 Å². The lowest BCUT2D eigenvalue weighted by atomic mass is 10.1. The number of aliphatic carboxylic acids is 1. The number of hydrogen-bond donors (Lipinski definition) is 2. The second-order valence-corrected chi connectivity index (χ2v) is 9.34. The molecule has 0 bridgehead atoms. The molecule has 0 fully saturated rings. The van der Waals surface area contributed by atoms with Crippen molar-refractivity contribution >= 4 is 14.6 Å². The minimum absolute atomic E-state index is 0.134. The van der Waals surface area contributed by atoms with Gasteiger partial charge in [0.1, 0.15) is 12.6 Å². The third kappa shape index (κ3) is 20.4. The van der Waals surface area contributed by atoms with Gasteiger partial charge in [0.2, 0.25) is 0 Å². The van der Waals surface area contributed by atoms with Crippen LogP contribution in [0.4, 0.5) is 0 Å². The maximum atomic E-state index is 11.0. The summed E-state index contributed by atoms with van der Waals surface area (Å²) >= 11 is 0. The highest BCUT2D eigenvalue weighted by atomic mass is 31.2. The molecule has 0 spiro atoms. The summed E-state index contributed by atoms with van der Waals surface area (Å²) in [5.41, 5.74) is 0. The zero-order chi connectivity index (χ0) is 21.3. The normalized spacial score (nSPS) is 14.2. The van der Waals surface area contributed by atoms with E-state index in [-0.39, 0.29) is 6.42 Å². The quantitative estimate of drug-likeness (QED) is 0.172. The van der Waals surface area contributed by atoms with Gasteiger partial charge in [-0.3, -0.25) is 4.79 Å². The third-order valence-corrected chi connectivity index (χ3v) is 5.22. The lowest BCUT2D eigenvalue weighted by Gasteiger charge is -2.29. The van der Waals surface area contributed by atoms with E-state index in [4.69, 9.17) is 18.9 Å². The molecule has 0 aromatic carbocycles. The fourth-order valence-electron chi connectivity index (χ4n) is 3.00. The number of ether oxygens (including phenoxy) is 1. The van der Waals surface area contributed by atoms with Gasteiger partial charge in [0.05, 0.1) is 34.2 Å². The first-order valence-corrected chi connectivity index (χ1v) is 11.7. The number of rotatable bonds is 20. The van der Waals surface area contributed by atoms with E-state index in [2.05, 4.69) is 0 Å². The Labute approximate surface area is 172 Å². The molecule has 0 aliphatic heterocycles. The Balaban J connectivity index is 3.61. The highest BCUT2D eigenvalue weighted by molar-refractivity contribution is 7.40. The molecule has 0 amide bonds. The lowest BCUT2D eigenvalue weighted by molar-refractivity contribution is -0.873. The zero-order valence-electron chi connectivity index (χ0n) is 18.4. The molecule has 0 aromatic rings. The van der Waals surface area contributed by atoms with Gasteiger partial charge < -0.3 is 28.3 Å². The fraction of sp³-hybridized carbons (Fsp3) is 0.950. The minimum atomic E-state index is -2.03. The highest BCUT2D eigenvalue weighted by Gasteiger charge is 2.25. The molecule has 0 aliphatic carbocycles. The minimum Gasteiger partial charge on any atom is -0.481 e. The predicted octanol–water partition coefficient (Wildman–Crippen LogP) is 4.34. The standard InChI is InChI=1S/C20H42NO6P/c1-21(2,3)18-19(17-20(22)23)27-28(24)26-16-14-12-10-8-6-5-7-9-11-13-15-25-4/h19,24H,5-18H2,1-4H3/p+1/t19?,28-/m1/s1. The summed E-state index contributed by atoms with van der Waals surface area (Å²) in [7, 11) is 5.60. The van der Waals surface area contributed by atoms with E-state index in [0.717, 1.165) is 19.4 Å². The molecule has 1 unspecified atom stereocenters. The van der Waals surface area contributed by atoms with Crippen LogP contribution in [0.15, 0.2) is 0 Å². The van der Waals surface area contributed by atoms with Gasteiger partial charge in [0.15, 0.2) is 0 Å². The Bertz CT molecular complexity index is 378. The number of likely N-dealkylation sites (N-methyl/N-ethyl adjacent to an activating group) is 1. The van der Waals surface area contributed by atoms with E-state index in [0.29, 0.717) is 17.6 Å². The first-order chi connectivity index (χ1) is 13.2. The SMILES string of the molecule is COCCCCCCCCCCCCO[P@@](O)OC(CC(=O)O)C[N+](C)(C)C. The van der Waals surface area contributed by atoms with Crippen LogP contribution in [0.3, 0.4) is 0 Å². The number of hydrogen-bond acceptors (Lipinski definition) is 5. The van der Waals surface area contributed by atoms with Crippen LogP contribution >= 0.6 is 8.60 Å². The van der Waals surface area contributed by atoms with Crippen molar-refractivity contribution in [3.05, 3.63) is 0 Å². The van der Waals surface area contributed by atoms with Crippen LogP contribution in [-0.2, 0) is 18.6 Å². The van der Waals surface area contributed by atoms with Crippen LogP contribution < -0.4 is 0 Å². The molecule has 0 aromatic heterocycles. The number of methoxy groups -OCH3 is 1. The van der Waals surface area contributed by atoms with Crippen LogP contribution in [0.1, 0.15) is 70.6 Å². The maximum Gasteiger partial charge on any atom is 0.330 e. The summed E-state index contributed by atoms with van der Waals surface area (Å²) in [5.74, 6) is -0.933. The van der Waals surface area contributed by atoms with E-state index in [1.54, 1.807) is 7.11 Å². The topological polar surface area (TPSA) is 85.2 Å². The van der Waals surface area contributed by atoms with Crippen LogP contribution in [0.2, 0.25) is 0 Å². The molecule has 0 aliphatic rings. The van der Waals surface area contributed by atoms with Gasteiger partial charge in [0, 0.05) is 13.7 Å². The molecular formula is C20H43NO6P+. The Morgan fingerprint density at radius 1 is 0.893 bits per heavy atom. The van der Waals surface area contributed by atoms with Gasteiger partial charge in [-0.15, -0.1) is 0 Å². The van der Waals surface area contributed by atoms with E-state index in [9.17, 15) is 9.69 Å². The second kappa shape index (κ2) is 17.5. The third-order valence-electron chi connectivity index (χ3n) is 4.34. The van der Waals surface area contributed by atoms with Crippen molar-refractivity contribution in [3.63, 3.8) is 0 Å². The molecule has 0 saturated heterocycles. The Kier molecular flexibility index (Phi) is 17.4. The second-order valence-electron chi connectivity index (χ2n) is 8.40. The van der Waals surface area contributed by atoms with E-state index in [1.807, 2.05) is 21.1 Å². The summed E-state index contributed by atoms with van der Waals surface area (Å²) in [5, 5.41) is 8.99. The summed E-state index contributed by atoms with van der Waals surface area (Å²) in [4.78, 5) is 20.9. The lowest BCUT2D eigenvalue weighted by Crippen LogP contribution is -2.42. The maximum absolute atomic E-state index is 11.0. The Morgan fingerprint density at radius 3 is 1.79 bits per heavy atom. The van der Waals surface area contributed by atoms with Crippen molar-refractivity contribution in [2.45, 2.75) is 76.7 Å². The number of unbranched alkanes of at least 4 members (excludes halogenated alkanes) is 9. The van der Waals surface area contributed by atoms with Crippen molar-refractivity contribution in [3.8, 4) is 0 Å². The molecule has 28 heavy (non-hydrogen) atoms. The van der Waals surface area contributed by atoms with E-state index < -0.39 is 20.7 Å². The van der Waals surface area contributed by atoms with Crippen molar-refractivity contribution in [1.29, 1.82) is 0 Å². The molecule has 0 saturated carbocycles. The smallest absolute Gasteiger partial charge is 0.330 e. The first kappa shape index (κ1) is 27.7. The summed E-state index contributed by atoms with van der Waals surface area (Å²) in [6, 6.07) is 0. The number of carboxylic acids is 1. The van der Waals surface area contributed by atoms with Crippen LogP contribution in [0.25, 0.3) is 0 Å². The molecule has 0 radical (unpaired) electrons. The van der Waals surface area contributed by atoms with Gasteiger partial charge in [-0.05, 0) is 12.8 Å². The Morgan fingerprint density at radius 2 is 1.36 bits per heavy atom.